The molecule has 6 nitrogen and oxygen atoms in total. The van der Waals surface area contributed by atoms with E-state index in [9.17, 15) is 9.59 Å². The van der Waals surface area contributed by atoms with Crippen LogP contribution in [0.4, 0.5) is 5.69 Å². The van der Waals surface area contributed by atoms with Crippen LogP contribution in [0.5, 0.6) is 0 Å². The van der Waals surface area contributed by atoms with Crippen molar-refractivity contribution in [2.45, 2.75) is 27.2 Å². The highest BCUT2D eigenvalue weighted by molar-refractivity contribution is 9.10. The van der Waals surface area contributed by atoms with E-state index in [-0.39, 0.29) is 11.8 Å². The number of nitrogens with zero attached hydrogens (tertiary/aromatic N) is 3. The van der Waals surface area contributed by atoms with Gasteiger partial charge in [0.15, 0.2) is 0 Å². The molecule has 2 fully saturated rings. The van der Waals surface area contributed by atoms with Crippen molar-refractivity contribution < 1.29 is 9.59 Å². The summed E-state index contributed by atoms with van der Waals surface area (Å²) in [6, 6.07) is 5.85. The molecule has 2 saturated heterocycles. The van der Waals surface area contributed by atoms with Crippen molar-refractivity contribution in [3.05, 3.63) is 28.2 Å². The lowest BCUT2D eigenvalue weighted by Gasteiger charge is -2.38. The van der Waals surface area contributed by atoms with E-state index in [0.717, 1.165) is 55.0 Å². The number of likely N-dealkylation sites (tertiary alicyclic amines) is 1. The number of piperazine rings is 1. The van der Waals surface area contributed by atoms with E-state index in [4.69, 9.17) is 0 Å². The van der Waals surface area contributed by atoms with Crippen molar-refractivity contribution in [1.82, 2.24) is 14.7 Å². The fourth-order valence-corrected chi connectivity index (χ4v) is 4.90. The molecular weight excluding hydrogens is 432 g/mol. The molecule has 2 amide bonds. The minimum absolute atomic E-state index is 0.0104. The molecule has 1 aromatic rings. The van der Waals surface area contributed by atoms with Crippen LogP contribution in [0.3, 0.4) is 0 Å². The predicted molar refractivity (Wildman–Crippen MR) is 120 cm³/mol. The fourth-order valence-electron chi connectivity index (χ4n) is 4.42. The molecule has 0 spiro atoms. The summed E-state index contributed by atoms with van der Waals surface area (Å²) in [7, 11) is 0. The maximum Gasteiger partial charge on any atom is 0.238 e. The summed E-state index contributed by atoms with van der Waals surface area (Å²) in [6.07, 6.45) is 1.21. The molecule has 2 atom stereocenters. The Hall–Kier alpha value is -1.44. The molecule has 0 bridgehead atoms. The van der Waals surface area contributed by atoms with Gasteiger partial charge in [0.05, 0.1) is 13.1 Å². The molecule has 2 heterocycles. The lowest BCUT2D eigenvalue weighted by molar-refractivity contribution is -0.135. The van der Waals surface area contributed by atoms with E-state index in [1.54, 1.807) is 0 Å². The molecule has 1 aromatic carbocycles. The van der Waals surface area contributed by atoms with Gasteiger partial charge in [0.2, 0.25) is 11.8 Å². The third-order valence-electron chi connectivity index (χ3n) is 5.88. The smallest absolute Gasteiger partial charge is 0.238 e. The number of rotatable bonds is 5. The van der Waals surface area contributed by atoms with Crippen LogP contribution >= 0.6 is 15.9 Å². The molecule has 29 heavy (non-hydrogen) atoms. The van der Waals surface area contributed by atoms with Crippen molar-refractivity contribution in [3.63, 3.8) is 0 Å². The first-order valence-electron chi connectivity index (χ1n) is 10.6. The van der Waals surface area contributed by atoms with Crippen molar-refractivity contribution >= 4 is 33.4 Å². The molecule has 0 saturated carbocycles. The molecule has 2 aliphatic heterocycles. The van der Waals surface area contributed by atoms with Crippen LogP contribution in [0.1, 0.15) is 25.8 Å². The van der Waals surface area contributed by atoms with Crippen LogP contribution in [-0.2, 0) is 9.59 Å². The number of anilines is 1. The molecule has 2 aliphatic rings. The molecular formula is C22H33BrN4O2. The second kappa shape index (κ2) is 10.0. The number of halogens is 1. The van der Waals surface area contributed by atoms with E-state index in [0.29, 0.717) is 24.9 Å². The SMILES string of the molecule is Cc1cc(Br)ccc1NC(=O)CN1CCN(CC(=O)N2C[C@H](C)C[C@H](C)C2)CC1. The topological polar surface area (TPSA) is 55.9 Å². The van der Waals surface area contributed by atoms with E-state index in [1.165, 1.54) is 6.42 Å². The van der Waals surface area contributed by atoms with E-state index in [1.807, 2.05) is 30.0 Å². The lowest BCUT2D eigenvalue weighted by Crippen LogP contribution is -2.52. The standard InChI is InChI=1S/C22H33BrN4O2/c1-16-10-17(2)13-27(12-16)22(29)15-26-8-6-25(7-9-26)14-21(28)24-20-5-4-19(23)11-18(20)3/h4-5,11,16-17H,6-10,12-15H2,1-3H3,(H,24,28)/t16-,17+. The first-order chi connectivity index (χ1) is 13.8. The van der Waals surface area contributed by atoms with Gasteiger partial charge in [-0.25, -0.2) is 0 Å². The summed E-state index contributed by atoms with van der Waals surface area (Å²) < 4.78 is 1.01. The monoisotopic (exact) mass is 464 g/mol. The normalized spacial score (nSPS) is 23.8. The zero-order valence-corrected chi connectivity index (χ0v) is 19.4. The van der Waals surface area contributed by atoms with Crippen LogP contribution in [0, 0.1) is 18.8 Å². The van der Waals surface area contributed by atoms with Gasteiger partial charge in [0.25, 0.3) is 0 Å². The van der Waals surface area contributed by atoms with E-state index < -0.39 is 0 Å². The summed E-state index contributed by atoms with van der Waals surface area (Å²) >= 11 is 3.44. The molecule has 0 unspecified atom stereocenters. The Morgan fingerprint density at radius 1 is 1.03 bits per heavy atom. The van der Waals surface area contributed by atoms with Gasteiger partial charge in [-0.1, -0.05) is 29.8 Å². The number of piperidine rings is 1. The Morgan fingerprint density at radius 2 is 1.62 bits per heavy atom. The number of carbonyl (C=O) groups is 2. The average Bonchev–Trinajstić information content (AvgIpc) is 2.65. The molecule has 160 valence electrons. The predicted octanol–water partition coefficient (Wildman–Crippen LogP) is 2.82. The minimum Gasteiger partial charge on any atom is -0.341 e. The number of amides is 2. The van der Waals surface area contributed by atoms with Gasteiger partial charge in [-0.05, 0) is 48.9 Å². The average molecular weight is 465 g/mol. The lowest BCUT2D eigenvalue weighted by atomic mass is 9.92. The van der Waals surface area contributed by atoms with Crippen LogP contribution < -0.4 is 5.32 Å². The first kappa shape index (κ1) is 22.2. The quantitative estimate of drug-likeness (QED) is 0.727. The third kappa shape index (κ3) is 6.52. The van der Waals surface area contributed by atoms with Gasteiger partial charge in [-0.15, -0.1) is 0 Å². The Balaban J connectivity index is 1.41. The number of hydrogen-bond acceptors (Lipinski definition) is 4. The highest BCUT2D eigenvalue weighted by Gasteiger charge is 2.27. The maximum atomic E-state index is 12.7. The molecule has 0 aliphatic carbocycles. The maximum absolute atomic E-state index is 12.7. The van der Waals surface area contributed by atoms with Gasteiger partial charge < -0.3 is 10.2 Å². The highest BCUT2D eigenvalue weighted by Crippen LogP contribution is 2.21. The van der Waals surface area contributed by atoms with Gasteiger partial charge >= 0.3 is 0 Å². The molecule has 7 heteroatoms. The second-order valence-corrected chi connectivity index (χ2v) is 9.72. The van der Waals surface area contributed by atoms with Gasteiger partial charge in [-0.3, -0.25) is 19.4 Å². The Morgan fingerprint density at radius 3 is 2.21 bits per heavy atom. The fraction of sp³-hybridized carbons (Fsp3) is 0.636. The van der Waals surface area contributed by atoms with Gasteiger partial charge in [0.1, 0.15) is 0 Å². The number of nitrogens with one attached hydrogen (secondary N) is 1. The zero-order chi connectivity index (χ0) is 21.0. The van der Waals surface area contributed by atoms with E-state index >= 15 is 0 Å². The Kier molecular flexibility index (Phi) is 7.71. The van der Waals surface area contributed by atoms with E-state index in [2.05, 4.69) is 44.9 Å². The summed E-state index contributed by atoms with van der Waals surface area (Å²) in [5, 5.41) is 3.00. The van der Waals surface area contributed by atoms with Crippen LogP contribution in [0.15, 0.2) is 22.7 Å². The van der Waals surface area contributed by atoms with Crippen molar-refractivity contribution in [2.24, 2.45) is 11.8 Å². The summed E-state index contributed by atoms with van der Waals surface area (Å²) in [4.78, 5) is 31.5. The zero-order valence-electron chi connectivity index (χ0n) is 17.8. The highest BCUT2D eigenvalue weighted by atomic mass is 79.9. The minimum atomic E-state index is 0.0104. The summed E-state index contributed by atoms with van der Waals surface area (Å²) in [5.41, 5.74) is 1.89. The Labute approximate surface area is 182 Å². The summed E-state index contributed by atoms with van der Waals surface area (Å²) in [5.74, 6) is 1.44. The number of carbonyl (C=O) groups excluding carboxylic acids is 2. The summed E-state index contributed by atoms with van der Waals surface area (Å²) in [6.45, 7) is 12.4. The van der Waals surface area contributed by atoms with Gasteiger partial charge in [0, 0.05) is 49.4 Å². The molecule has 3 rings (SSSR count). The third-order valence-corrected chi connectivity index (χ3v) is 6.37. The van der Waals surface area contributed by atoms with Crippen molar-refractivity contribution in [1.29, 1.82) is 0 Å². The number of aryl methyl sites for hydroxylation is 1. The second-order valence-electron chi connectivity index (χ2n) is 8.80. The first-order valence-corrected chi connectivity index (χ1v) is 11.4. The molecule has 0 aromatic heterocycles. The molecule has 1 N–H and O–H groups in total. The van der Waals surface area contributed by atoms with Crippen molar-refractivity contribution in [2.75, 3.05) is 57.7 Å². The number of benzene rings is 1. The Bertz CT molecular complexity index is 724. The van der Waals surface area contributed by atoms with Crippen molar-refractivity contribution in [3.8, 4) is 0 Å². The van der Waals surface area contributed by atoms with Gasteiger partial charge in [-0.2, -0.15) is 0 Å². The van der Waals surface area contributed by atoms with Crippen LogP contribution in [-0.4, -0.2) is 78.9 Å². The molecule has 0 radical (unpaired) electrons. The number of hydrogen-bond donors (Lipinski definition) is 1. The van der Waals surface area contributed by atoms with Crippen LogP contribution in [0.25, 0.3) is 0 Å². The van der Waals surface area contributed by atoms with Crippen LogP contribution in [0.2, 0.25) is 0 Å². The largest absolute Gasteiger partial charge is 0.341 e.